The maximum Gasteiger partial charge on any atom is 0.424 e. The average Bonchev–Trinajstić information content (AvgIpc) is 2.78. The Bertz CT molecular complexity index is 1010. The van der Waals surface area contributed by atoms with E-state index in [0.29, 0.717) is 15.9 Å². The molecule has 144 valence electrons. The first-order chi connectivity index (χ1) is 12.5. The third kappa shape index (κ3) is 3.27. The number of hydrogen-bond donors (Lipinski definition) is 0. The highest BCUT2D eigenvalue weighted by molar-refractivity contribution is 6.11. The second-order valence-electron chi connectivity index (χ2n) is 7.81. The highest BCUT2D eigenvalue weighted by Crippen LogP contribution is 2.28. The number of carbonyl (C=O) groups is 3. The van der Waals surface area contributed by atoms with Gasteiger partial charge >= 0.3 is 11.8 Å². The molecule has 3 rings (SSSR count). The van der Waals surface area contributed by atoms with Crippen LogP contribution in [-0.4, -0.2) is 37.5 Å². The molecule has 1 aliphatic heterocycles. The Labute approximate surface area is 156 Å². The molecule has 0 N–H and O–H groups in total. The molecule has 8 nitrogen and oxygen atoms in total. The number of hydrogen-bond acceptors (Lipinski definition) is 5. The van der Waals surface area contributed by atoms with E-state index in [9.17, 15) is 19.2 Å². The van der Waals surface area contributed by atoms with Crippen LogP contribution >= 0.6 is 0 Å². The topological polar surface area (TPSA) is 90.6 Å². The van der Waals surface area contributed by atoms with Crippen LogP contribution in [0.1, 0.15) is 45.2 Å². The maximum atomic E-state index is 13.0. The summed E-state index contributed by atoms with van der Waals surface area (Å²) in [5.41, 5.74) is 1.04. The van der Waals surface area contributed by atoms with Crippen molar-refractivity contribution in [1.29, 1.82) is 0 Å². The van der Waals surface area contributed by atoms with Crippen LogP contribution in [-0.2, 0) is 21.4 Å². The van der Waals surface area contributed by atoms with Crippen molar-refractivity contribution in [2.24, 2.45) is 7.05 Å². The molecule has 27 heavy (non-hydrogen) atoms. The molecular formula is C19H23N3O5. The molecule has 0 spiro atoms. The van der Waals surface area contributed by atoms with Gasteiger partial charge < -0.3 is 4.74 Å². The fourth-order valence-electron chi connectivity index (χ4n) is 3.28. The molecule has 0 radical (unpaired) electrons. The van der Waals surface area contributed by atoms with Crippen LogP contribution in [0.2, 0.25) is 0 Å². The summed E-state index contributed by atoms with van der Waals surface area (Å²) < 4.78 is 8.02. The fraction of sp³-hybridized carbons (Fsp3) is 0.474. The molecule has 0 saturated carbocycles. The average molecular weight is 373 g/mol. The van der Waals surface area contributed by atoms with Crippen LogP contribution in [0.4, 0.5) is 4.79 Å². The van der Waals surface area contributed by atoms with Gasteiger partial charge in [0.1, 0.15) is 11.6 Å². The number of rotatable bonds is 1. The number of fused-ring (bicyclic) bond motifs is 1. The molecule has 1 aromatic carbocycles. The zero-order chi connectivity index (χ0) is 20.1. The van der Waals surface area contributed by atoms with Crippen molar-refractivity contribution in [2.45, 2.75) is 52.2 Å². The highest BCUT2D eigenvalue weighted by Gasteiger charge is 2.42. The van der Waals surface area contributed by atoms with Crippen molar-refractivity contribution in [2.75, 3.05) is 0 Å². The van der Waals surface area contributed by atoms with E-state index in [0.717, 1.165) is 5.56 Å². The largest absolute Gasteiger partial charge is 0.443 e. The van der Waals surface area contributed by atoms with E-state index in [1.807, 2.05) is 19.1 Å². The van der Waals surface area contributed by atoms with Crippen LogP contribution in [0, 0.1) is 6.92 Å². The molecule has 2 heterocycles. The first-order valence-electron chi connectivity index (χ1n) is 8.78. The molecule has 1 fully saturated rings. The normalized spacial score (nSPS) is 18.3. The molecule has 1 unspecified atom stereocenters. The summed E-state index contributed by atoms with van der Waals surface area (Å²) in [4.78, 5) is 50.9. The zero-order valence-electron chi connectivity index (χ0n) is 16.1. The van der Waals surface area contributed by atoms with Gasteiger partial charge in [-0.05, 0) is 51.8 Å². The number of benzene rings is 1. The van der Waals surface area contributed by atoms with Gasteiger partial charge in [0, 0.05) is 13.5 Å². The molecule has 2 aromatic rings. The second-order valence-corrected chi connectivity index (χ2v) is 7.81. The van der Waals surface area contributed by atoms with Crippen molar-refractivity contribution < 1.29 is 19.1 Å². The highest BCUT2D eigenvalue weighted by atomic mass is 16.6. The van der Waals surface area contributed by atoms with Gasteiger partial charge in [0.2, 0.25) is 5.91 Å². The van der Waals surface area contributed by atoms with Gasteiger partial charge in [0.15, 0.2) is 0 Å². The quantitative estimate of drug-likeness (QED) is 0.715. The third-order valence-electron chi connectivity index (χ3n) is 4.52. The monoisotopic (exact) mass is 373 g/mol. The third-order valence-corrected chi connectivity index (χ3v) is 4.52. The number of imide groups is 3. The van der Waals surface area contributed by atoms with Gasteiger partial charge in [-0.3, -0.25) is 18.7 Å². The van der Waals surface area contributed by atoms with Gasteiger partial charge in [0.05, 0.1) is 11.0 Å². The summed E-state index contributed by atoms with van der Waals surface area (Å²) in [6.45, 7) is 6.87. The van der Waals surface area contributed by atoms with E-state index >= 15 is 0 Å². The van der Waals surface area contributed by atoms with Crippen molar-refractivity contribution in [3.8, 4) is 0 Å². The summed E-state index contributed by atoms with van der Waals surface area (Å²) in [6, 6.07) is 4.54. The van der Waals surface area contributed by atoms with Crippen molar-refractivity contribution in [3.63, 3.8) is 0 Å². The predicted molar refractivity (Wildman–Crippen MR) is 98.3 cm³/mol. The molecule has 8 heteroatoms. The lowest BCUT2D eigenvalue weighted by atomic mass is 10.0. The number of carbonyl (C=O) groups excluding carboxylic acids is 3. The van der Waals surface area contributed by atoms with E-state index in [1.54, 1.807) is 33.9 Å². The number of aryl methyl sites for hydroxylation is 2. The predicted octanol–water partition coefficient (Wildman–Crippen LogP) is 2.27. The molecule has 0 aliphatic carbocycles. The second kappa shape index (κ2) is 6.37. The molecule has 1 atom stereocenters. The summed E-state index contributed by atoms with van der Waals surface area (Å²) >= 11 is 0. The summed E-state index contributed by atoms with van der Waals surface area (Å²) in [6.07, 6.45) is -0.875. The van der Waals surface area contributed by atoms with Crippen LogP contribution in [0.15, 0.2) is 23.0 Å². The zero-order valence-corrected chi connectivity index (χ0v) is 16.1. The fourth-order valence-corrected chi connectivity index (χ4v) is 3.28. The minimum absolute atomic E-state index is 0.0235. The molecule has 1 saturated heterocycles. The van der Waals surface area contributed by atoms with E-state index in [1.165, 1.54) is 9.13 Å². The maximum absolute atomic E-state index is 13.0. The number of ether oxygens (including phenoxy) is 1. The number of aromatic nitrogens is 2. The van der Waals surface area contributed by atoms with Crippen LogP contribution < -0.4 is 5.69 Å². The van der Waals surface area contributed by atoms with Gasteiger partial charge in [-0.15, -0.1) is 0 Å². The minimum Gasteiger partial charge on any atom is -0.443 e. The Morgan fingerprint density at radius 3 is 2.44 bits per heavy atom. The smallest absolute Gasteiger partial charge is 0.424 e. The Morgan fingerprint density at radius 1 is 1.15 bits per heavy atom. The Hall–Kier alpha value is -2.90. The number of nitrogens with zero attached hydrogens (tertiary/aromatic N) is 3. The Balaban J connectivity index is 2.06. The number of piperidine rings is 1. The van der Waals surface area contributed by atoms with Gasteiger partial charge in [0.25, 0.3) is 5.91 Å². The first kappa shape index (κ1) is 18.9. The van der Waals surface area contributed by atoms with Crippen LogP contribution in [0.5, 0.6) is 0 Å². The van der Waals surface area contributed by atoms with Gasteiger partial charge in [-0.2, -0.15) is 4.90 Å². The van der Waals surface area contributed by atoms with E-state index in [4.69, 9.17) is 4.74 Å². The summed E-state index contributed by atoms with van der Waals surface area (Å²) in [7, 11) is 1.63. The van der Waals surface area contributed by atoms with Crippen molar-refractivity contribution in [3.05, 3.63) is 34.2 Å². The first-order valence-corrected chi connectivity index (χ1v) is 8.78. The molecule has 1 aromatic heterocycles. The molecule has 1 aliphatic rings. The van der Waals surface area contributed by atoms with Crippen LogP contribution in [0.25, 0.3) is 11.0 Å². The minimum atomic E-state index is -1.01. The number of amides is 3. The van der Waals surface area contributed by atoms with Crippen molar-refractivity contribution >= 4 is 28.9 Å². The SMILES string of the molecule is Cc1ccc2c(c1)n(C)c(=O)n2C1CCC(=O)N(C(=O)OC(C)(C)C)C1=O. The number of imidazole rings is 1. The van der Waals surface area contributed by atoms with Gasteiger partial charge in [-0.25, -0.2) is 9.59 Å². The lowest BCUT2D eigenvalue weighted by Crippen LogP contribution is -2.51. The van der Waals surface area contributed by atoms with E-state index < -0.39 is 29.6 Å². The number of likely N-dealkylation sites (tertiary alicyclic amines) is 1. The summed E-state index contributed by atoms with van der Waals surface area (Å²) in [5.74, 6) is -1.36. The van der Waals surface area contributed by atoms with E-state index in [-0.39, 0.29) is 18.5 Å². The van der Waals surface area contributed by atoms with Crippen molar-refractivity contribution in [1.82, 2.24) is 14.0 Å². The lowest BCUT2D eigenvalue weighted by Gasteiger charge is -2.31. The van der Waals surface area contributed by atoms with Crippen LogP contribution in [0.3, 0.4) is 0 Å². The Morgan fingerprint density at radius 2 is 1.81 bits per heavy atom. The lowest BCUT2D eigenvalue weighted by molar-refractivity contribution is -0.149. The standard InChI is InChI=1S/C19H23N3O5/c1-11-6-7-12-14(10-11)20(5)17(25)21(12)13-8-9-15(23)22(16(13)24)18(26)27-19(2,3)4/h6-7,10,13H,8-9H2,1-5H3. The Kier molecular flexibility index (Phi) is 4.45. The molecule has 0 bridgehead atoms. The van der Waals surface area contributed by atoms with Gasteiger partial charge in [-0.1, -0.05) is 6.07 Å². The molecule has 3 amide bonds. The summed E-state index contributed by atoms with van der Waals surface area (Å²) in [5, 5.41) is 0. The molecular weight excluding hydrogens is 350 g/mol. The van der Waals surface area contributed by atoms with E-state index in [2.05, 4.69) is 0 Å².